The first-order chi connectivity index (χ1) is 13.0. The Labute approximate surface area is 153 Å². The van der Waals surface area contributed by atoms with E-state index in [1.807, 2.05) is 12.1 Å². The van der Waals surface area contributed by atoms with Gasteiger partial charge in [0, 0.05) is 6.20 Å². The molecule has 0 fully saturated rings. The number of carbonyl (C=O) groups is 2. The quantitative estimate of drug-likeness (QED) is 0.675. The van der Waals surface area contributed by atoms with Gasteiger partial charge in [-0.2, -0.15) is 5.10 Å². The average Bonchev–Trinajstić information content (AvgIpc) is 3.03. The number of methoxy groups -OCH3 is 1. The number of anilines is 1. The molecule has 0 radical (unpaired) electrons. The van der Waals surface area contributed by atoms with Crippen LogP contribution in [0, 0.1) is 11.6 Å². The summed E-state index contributed by atoms with van der Waals surface area (Å²) in [6.07, 6.45) is 1.88. The fourth-order valence-electron chi connectivity index (χ4n) is 2.52. The smallest absolute Gasteiger partial charge is 0.261 e. The highest BCUT2D eigenvalue weighted by Crippen LogP contribution is 2.18. The van der Waals surface area contributed by atoms with Crippen LogP contribution >= 0.6 is 0 Å². The summed E-state index contributed by atoms with van der Waals surface area (Å²) in [6.45, 7) is 0.328. The Hall–Kier alpha value is -3.55. The van der Waals surface area contributed by atoms with Crippen LogP contribution in [0.3, 0.4) is 0 Å². The first-order valence-corrected chi connectivity index (χ1v) is 7.92. The van der Waals surface area contributed by atoms with E-state index in [0.29, 0.717) is 18.6 Å². The van der Waals surface area contributed by atoms with Crippen molar-refractivity contribution in [2.75, 3.05) is 12.4 Å². The van der Waals surface area contributed by atoms with E-state index in [1.54, 1.807) is 19.2 Å². The summed E-state index contributed by atoms with van der Waals surface area (Å²) in [5.41, 5.74) is 0.172. The summed E-state index contributed by atoms with van der Waals surface area (Å²) in [5.74, 6) is -2.29. The summed E-state index contributed by atoms with van der Waals surface area (Å²) in [6, 6.07) is 10.3. The number of amides is 1. The van der Waals surface area contributed by atoms with E-state index in [1.165, 1.54) is 10.9 Å². The molecule has 0 unspecified atom stereocenters. The predicted molar refractivity (Wildman–Crippen MR) is 94.0 cm³/mol. The predicted octanol–water partition coefficient (Wildman–Crippen LogP) is 3.28. The van der Waals surface area contributed by atoms with E-state index < -0.39 is 23.1 Å². The summed E-state index contributed by atoms with van der Waals surface area (Å²) in [7, 11) is 1.56. The molecule has 0 saturated carbocycles. The topological polar surface area (TPSA) is 73.2 Å². The Morgan fingerprint density at radius 3 is 2.44 bits per heavy atom. The molecule has 3 aromatic rings. The number of hydrogen-bond acceptors (Lipinski definition) is 4. The summed E-state index contributed by atoms with van der Waals surface area (Å²) < 4.78 is 34.0. The number of ether oxygens (including phenoxy) is 1. The van der Waals surface area contributed by atoms with Gasteiger partial charge in [0.05, 0.1) is 19.3 Å². The molecule has 6 nitrogen and oxygen atoms in total. The molecule has 1 amide bonds. The molecule has 3 rings (SSSR count). The van der Waals surface area contributed by atoms with Crippen LogP contribution in [0.5, 0.6) is 5.75 Å². The van der Waals surface area contributed by atoms with Crippen LogP contribution in [0.2, 0.25) is 0 Å². The lowest BCUT2D eigenvalue weighted by atomic mass is 10.2. The minimum absolute atomic E-state index is 0.0476. The van der Waals surface area contributed by atoms with Gasteiger partial charge in [0.2, 0.25) is 0 Å². The summed E-state index contributed by atoms with van der Waals surface area (Å²) in [4.78, 5) is 23.4. The van der Waals surface area contributed by atoms with Gasteiger partial charge in [0.25, 0.3) is 5.91 Å². The second-order valence-electron chi connectivity index (χ2n) is 5.64. The molecule has 0 aliphatic heterocycles. The fourth-order valence-corrected chi connectivity index (χ4v) is 2.52. The highest BCUT2D eigenvalue weighted by Gasteiger charge is 2.19. The molecule has 8 heteroatoms. The van der Waals surface area contributed by atoms with Crippen molar-refractivity contribution in [2.45, 2.75) is 6.54 Å². The second kappa shape index (κ2) is 7.77. The molecule has 27 heavy (non-hydrogen) atoms. The molecule has 0 aliphatic rings. The van der Waals surface area contributed by atoms with Gasteiger partial charge in [-0.1, -0.05) is 18.2 Å². The van der Waals surface area contributed by atoms with Gasteiger partial charge in [-0.3, -0.25) is 14.3 Å². The number of carbonyl (C=O) groups excluding carboxylic acids is 2. The van der Waals surface area contributed by atoms with Crippen LogP contribution in [0.25, 0.3) is 0 Å². The Balaban J connectivity index is 1.81. The van der Waals surface area contributed by atoms with Gasteiger partial charge in [-0.25, -0.2) is 8.78 Å². The van der Waals surface area contributed by atoms with E-state index in [-0.39, 0.29) is 11.4 Å². The zero-order valence-electron chi connectivity index (χ0n) is 14.3. The highest BCUT2D eigenvalue weighted by atomic mass is 19.1. The zero-order chi connectivity index (χ0) is 19.4. The molecular formula is C19H15F2N3O3. The van der Waals surface area contributed by atoms with Gasteiger partial charge < -0.3 is 10.1 Å². The molecule has 138 valence electrons. The number of benzene rings is 2. The molecule has 0 spiro atoms. The van der Waals surface area contributed by atoms with Crippen LogP contribution < -0.4 is 10.1 Å². The maximum atomic E-state index is 13.7. The number of nitrogens with one attached hydrogen (secondary N) is 1. The van der Waals surface area contributed by atoms with Crippen molar-refractivity contribution in [1.29, 1.82) is 0 Å². The van der Waals surface area contributed by atoms with Crippen molar-refractivity contribution in [3.63, 3.8) is 0 Å². The Bertz CT molecular complexity index is 964. The van der Waals surface area contributed by atoms with E-state index in [2.05, 4.69) is 10.4 Å². The normalized spacial score (nSPS) is 10.5. The van der Waals surface area contributed by atoms with Gasteiger partial charge in [-0.15, -0.1) is 0 Å². The molecular weight excluding hydrogens is 356 g/mol. The van der Waals surface area contributed by atoms with Gasteiger partial charge in [0.1, 0.15) is 28.6 Å². The first kappa shape index (κ1) is 18.2. The zero-order valence-corrected chi connectivity index (χ0v) is 14.3. The molecule has 1 heterocycles. The van der Waals surface area contributed by atoms with Crippen LogP contribution in [0.15, 0.2) is 48.7 Å². The molecule has 2 aromatic carbocycles. The van der Waals surface area contributed by atoms with Crippen LogP contribution in [0.1, 0.15) is 26.4 Å². The minimum Gasteiger partial charge on any atom is -0.497 e. The number of rotatable bonds is 6. The Morgan fingerprint density at radius 2 is 1.85 bits per heavy atom. The lowest BCUT2D eigenvalue weighted by molar-refractivity contribution is 0.101. The number of aldehydes is 1. The fraction of sp³-hybridized carbons (Fsp3) is 0.105. The number of hydrogen-bond donors (Lipinski definition) is 1. The van der Waals surface area contributed by atoms with Crippen molar-refractivity contribution in [1.82, 2.24) is 9.78 Å². The molecule has 0 aliphatic carbocycles. The lowest BCUT2D eigenvalue weighted by Crippen LogP contribution is -2.16. The SMILES string of the molecule is COc1ccc(Cn2cc(NC(=O)c3c(F)cccc3F)c(C=O)n2)cc1. The second-order valence-corrected chi connectivity index (χ2v) is 5.64. The van der Waals surface area contributed by atoms with E-state index in [4.69, 9.17) is 4.74 Å². The van der Waals surface area contributed by atoms with Crippen molar-refractivity contribution in [3.8, 4) is 5.75 Å². The van der Waals surface area contributed by atoms with Crippen LogP contribution in [0.4, 0.5) is 14.5 Å². The standard InChI is InChI=1S/C19H15F2N3O3/c1-27-13-7-5-12(6-8-13)9-24-10-16(17(11-25)23-24)22-19(26)18-14(20)3-2-4-15(18)21/h2-8,10-11H,9H2,1H3,(H,22,26). The number of halogens is 2. The van der Waals surface area contributed by atoms with Gasteiger partial charge >= 0.3 is 0 Å². The number of aromatic nitrogens is 2. The minimum atomic E-state index is -1.00. The molecule has 0 saturated heterocycles. The Morgan fingerprint density at radius 1 is 1.19 bits per heavy atom. The molecule has 0 bridgehead atoms. The van der Waals surface area contributed by atoms with Crippen LogP contribution in [-0.2, 0) is 6.54 Å². The maximum absolute atomic E-state index is 13.7. The lowest BCUT2D eigenvalue weighted by Gasteiger charge is -2.05. The maximum Gasteiger partial charge on any atom is 0.261 e. The van der Waals surface area contributed by atoms with Crippen molar-refractivity contribution in [2.24, 2.45) is 0 Å². The first-order valence-electron chi connectivity index (χ1n) is 7.92. The van der Waals surface area contributed by atoms with Gasteiger partial charge in [-0.05, 0) is 29.8 Å². The highest BCUT2D eigenvalue weighted by molar-refractivity contribution is 6.06. The monoisotopic (exact) mass is 371 g/mol. The van der Waals surface area contributed by atoms with E-state index in [9.17, 15) is 18.4 Å². The summed E-state index contributed by atoms with van der Waals surface area (Å²) >= 11 is 0. The number of nitrogens with zero attached hydrogens (tertiary/aromatic N) is 2. The third-order valence-electron chi connectivity index (χ3n) is 3.84. The molecule has 1 N–H and O–H groups in total. The van der Waals surface area contributed by atoms with Crippen molar-refractivity contribution in [3.05, 3.63) is 77.1 Å². The van der Waals surface area contributed by atoms with Crippen molar-refractivity contribution >= 4 is 17.9 Å². The summed E-state index contributed by atoms with van der Waals surface area (Å²) in [5, 5.41) is 6.40. The van der Waals surface area contributed by atoms with Crippen LogP contribution in [-0.4, -0.2) is 29.1 Å². The van der Waals surface area contributed by atoms with Crippen molar-refractivity contribution < 1.29 is 23.1 Å². The molecule has 1 aromatic heterocycles. The van der Waals surface area contributed by atoms with E-state index >= 15 is 0 Å². The average molecular weight is 371 g/mol. The van der Waals surface area contributed by atoms with Gasteiger partial charge in [0.15, 0.2) is 6.29 Å². The molecule has 0 atom stereocenters. The third kappa shape index (κ3) is 4.00. The third-order valence-corrected chi connectivity index (χ3v) is 3.84. The van der Waals surface area contributed by atoms with E-state index in [0.717, 1.165) is 23.8 Å². The largest absolute Gasteiger partial charge is 0.497 e. The Kier molecular flexibility index (Phi) is 5.25.